The highest BCUT2D eigenvalue weighted by atomic mass is 16.1. The standard InChI is InChI=1S/C8H8NO/c1-9-8(10)7-5-3-2-4-6-7/h2-5H,1H3,(H,9,10). The molecule has 0 saturated carbocycles. The Labute approximate surface area is 59.9 Å². The van der Waals surface area contributed by atoms with Gasteiger partial charge in [-0.3, -0.25) is 4.79 Å². The van der Waals surface area contributed by atoms with E-state index in [1.165, 1.54) is 0 Å². The first-order valence-corrected chi connectivity index (χ1v) is 3.03. The van der Waals surface area contributed by atoms with Crippen LogP contribution < -0.4 is 5.32 Å². The zero-order valence-electron chi connectivity index (χ0n) is 5.72. The maximum atomic E-state index is 10.9. The third-order valence-electron chi connectivity index (χ3n) is 1.18. The van der Waals surface area contributed by atoms with Gasteiger partial charge in [0.15, 0.2) is 0 Å². The summed E-state index contributed by atoms with van der Waals surface area (Å²) < 4.78 is 0. The average molecular weight is 134 g/mol. The summed E-state index contributed by atoms with van der Waals surface area (Å²) in [5.74, 6) is -0.0967. The van der Waals surface area contributed by atoms with E-state index in [0.717, 1.165) is 0 Å². The first-order valence-electron chi connectivity index (χ1n) is 3.03. The zero-order chi connectivity index (χ0) is 7.40. The predicted molar refractivity (Wildman–Crippen MR) is 38.7 cm³/mol. The second-order valence-corrected chi connectivity index (χ2v) is 1.86. The van der Waals surface area contributed by atoms with Crippen molar-refractivity contribution >= 4 is 5.91 Å². The molecule has 0 heterocycles. The zero-order valence-corrected chi connectivity index (χ0v) is 5.72. The molecule has 51 valence electrons. The summed E-state index contributed by atoms with van der Waals surface area (Å²) in [6.45, 7) is 0. The second-order valence-electron chi connectivity index (χ2n) is 1.86. The lowest BCUT2D eigenvalue weighted by atomic mass is 10.2. The molecule has 0 unspecified atom stereocenters. The van der Waals surface area contributed by atoms with Gasteiger partial charge in [0.05, 0.1) is 0 Å². The topological polar surface area (TPSA) is 29.1 Å². The fraction of sp³-hybridized carbons (Fsp3) is 0.125. The van der Waals surface area contributed by atoms with Crippen LogP contribution in [0.15, 0.2) is 24.3 Å². The predicted octanol–water partition coefficient (Wildman–Crippen LogP) is 0.846. The number of rotatable bonds is 1. The van der Waals surface area contributed by atoms with Crippen LogP contribution in [0.1, 0.15) is 10.4 Å². The lowest BCUT2D eigenvalue weighted by molar-refractivity contribution is 0.0963. The lowest BCUT2D eigenvalue weighted by Crippen LogP contribution is -2.17. The molecule has 1 aromatic carbocycles. The summed E-state index contributed by atoms with van der Waals surface area (Å²) in [5.41, 5.74) is 0.574. The second kappa shape index (κ2) is 3.01. The molecule has 0 fully saturated rings. The van der Waals surface area contributed by atoms with Crippen molar-refractivity contribution < 1.29 is 4.79 Å². The largest absolute Gasteiger partial charge is 0.355 e. The molecule has 1 N–H and O–H groups in total. The van der Waals surface area contributed by atoms with Gasteiger partial charge in [-0.05, 0) is 12.1 Å². The van der Waals surface area contributed by atoms with E-state index in [2.05, 4.69) is 11.4 Å². The van der Waals surface area contributed by atoms with Gasteiger partial charge in [0.25, 0.3) is 5.91 Å². The van der Waals surface area contributed by atoms with Crippen LogP contribution in [0.3, 0.4) is 0 Å². The van der Waals surface area contributed by atoms with Crippen LogP contribution in [-0.4, -0.2) is 13.0 Å². The molecular formula is C8H8NO. The first-order chi connectivity index (χ1) is 4.84. The minimum Gasteiger partial charge on any atom is -0.355 e. The van der Waals surface area contributed by atoms with Crippen molar-refractivity contribution in [1.29, 1.82) is 0 Å². The normalized spacial score (nSPS) is 8.90. The molecule has 2 heteroatoms. The van der Waals surface area contributed by atoms with Crippen molar-refractivity contribution in [3.8, 4) is 0 Å². The van der Waals surface area contributed by atoms with Crippen molar-refractivity contribution in [3.05, 3.63) is 35.9 Å². The smallest absolute Gasteiger partial charge is 0.251 e. The van der Waals surface area contributed by atoms with Crippen molar-refractivity contribution in [3.63, 3.8) is 0 Å². The maximum Gasteiger partial charge on any atom is 0.251 e. The third kappa shape index (κ3) is 1.35. The molecule has 0 aliphatic heterocycles. The molecule has 1 aromatic rings. The molecule has 0 bridgehead atoms. The van der Waals surface area contributed by atoms with Crippen molar-refractivity contribution in [2.75, 3.05) is 7.05 Å². The lowest BCUT2D eigenvalue weighted by Gasteiger charge is -1.95. The van der Waals surface area contributed by atoms with E-state index in [-0.39, 0.29) is 5.91 Å². The summed E-state index contributed by atoms with van der Waals surface area (Å²) in [4.78, 5) is 10.9. The van der Waals surface area contributed by atoms with Crippen molar-refractivity contribution in [2.24, 2.45) is 0 Å². The van der Waals surface area contributed by atoms with Crippen molar-refractivity contribution in [2.45, 2.75) is 0 Å². The number of carbonyl (C=O) groups excluding carboxylic acids is 1. The molecule has 0 aromatic heterocycles. The Bertz CT molecular complexity index is 218. The molecule has 2 nitrogen and oxygen atoms in total. The Kier molecular flexibility index (Phi) is 2.05. The Morgan fingerprint density at radius 2 is 2.40 bits per heavy atom. The molecular weight excluding hydrogens is 126 g/mol. The van der Waals surface area contributed by atoms with Gasteiger partial charge in [-0.2, -0.15) is 0 Å². The number of hydrogen-bond acceptors (Lipinski definition) is 1. The fourth-order valence-electron chi connectivity index (χ4n) is 0.669. The van der Waals surface area contributed by atoms with Crippen LogP contribution in [-0.2, 0) is 0 Å². The van der Waals surface area contributed by atoms with Gasteiger partial charge in [0.2, 0.25) is 0 Å². The number of hydrogen-bond donors (Lipinski definition) is 1. The molecule has 1 amide bonds. The highest BCUT2D eigenvalue weighted by Crippen LogP contribution is 1.95. The Morgan fingerprint density at radius 1 is 1.60 bits per heavy atom. The number of nitrogens with one attached hydrogen (secondary N) is 1. The molecule has 0 aliphatic carbocycles. The Morgan fingerprint density at radius 3 is 2.90 bits per heavy atom. The van der Waals surface area contributed by atoms with Gasteiger partial charge in [0, 0.05) is 12.6 Å². The summed E-state index contributed by atoms with van der Waals surface area (Å²) >= 11 is 0. The average Bonchev–Trinajstić information content (AvgIpc) is 2.05. The molecule has 1 radical (unpaired) electrons. The van der Waals surface area contributed by atoms with Crippen LogP contribution in [0.5, 0.6) is 0 Å². The molecule has 0 atom stereocenters. The summed E-state index contributed by atoms with van der Waals surface area (Å²) in [6, 6.07) is 9.87. The van der Waals surface area contributed by atoms with Gasteiger partial charge < -0.3 is 5.32 Å². The van der Waals surface area contributed by atoms with Crippen LogP contribution >= 0.6 is 0 Å². The fourth-order valence-corrected chi connectivity index (χ4v) is 0.669. The molecule has 0 saturated heterocycles. The highest BCUT2D eigenvalue weighted by molar-refractivity contribution is 5.93. The van der Waals surface area contributed by atoms with E-state index in [1.807, 2.05) is 6.07 Å². The molecule has 0 spiro atoms. The van der Waals surface area contributed by atoms with E-state index in [9.17, 15) is 4.79 Å². The number of carbonyl (C=O) groups is 1. The summed E-state index contributed by atoms with van der Waals surface area (Å²) in [5, 5.41) is 2.51. The summed E-state index contributed by atoms with van der Waals surface area (Å²) in [6.07, 6.45) is 0. The number of benzene rings is 1. The minimum atomic E-state index is -0.0967. The van der Waals surface area contributed by atoms with E-state index in [4.69, 9.17) is 0 Å². The van der Waals surface area contributed by atoms with Gasteiger partial charge in [-0.15, -0.1) is 0 Å². The molecule has 1 rings (SSSR count). The van der Waals surface area contributed by atoms with E-state index < -0.39 is 0 Å². The first kappa shape index (κ1) is 6.81. The van der Waals surface area contributed by atoms with Gasteiger partial charge in [0.1, 0.15) is 0 Å². The SMILES string of the molecule is CNC(=O)c1[c]cccc1. The quantitative estimate of drug-likeness (QED) is 0.606. The monoisotopic (exact) mass is 134 g/mol. The van der Waals surface area contributed by atoms with Crippen LogP contribution in [0.2, 0.25) is 0 Å². The van der Waals surface area contributed by atoms with E-state index in [1.54, 1.807) is 25.2 Å². The highest BCUT2D eigenvalue weighted by Gasteiger charge is 1.98. The number of amides is 1. The summed E-state index contributed by atoms with van der Waals surface area (Å²) in [7, 11) is 1.60. The Hall–Kier alpha value is -1.31. The maximum absolute atomic E-state index is 10.9. The van der Waals surface area contributed by atoms with Crippen LogP contribution in [0.25, 0.3) is 0 Å². The molecule has 10 heavy (non-hydrogen) atoms. The van der Waals surface area contributed by atoms with E-state index in [0.29, 0.717) is 5.56 Å². The van der Waals surface area contributed by atoms with E-state index >= 15 is 0 Å². The van der Waals surface area contributed by atoms with Crippen LogP contribution in [0, 0.1) is 6.07 Å². The minimum absolute atomic E-state index is 0.0967. The Balaban J connectivity index is 2.85. The van der Waals surface area contributed by atoms with Gasteiger partial charge in [-0.1, -0.05) is 18.2 Å². The van der Waals surface area contributed by atoms with Crippen molar-refractivity contribution in [1.82, 2.24) is 5.32 Å². The van der Waals surface area contributed by atoms with Gasteiger partial charge >= 0.3 is 0 Å². The van der Waals surface area contributed by atoms with Crippen LogP contribution in [0.4, 0.5) is 0 Å². The third-order valence-corrected chi connectivity index (χ3v) is 1.18. The molecule has 0 aliphatic rings. The van der Waals surface area contributed by atoms with Gasteiger partial charge in [-0.25, -0.2) is 0 Å².